The number of nitrogens with one attached hydrogen (secondary N) is 4. The Bertz CT molecular complexity index is 3150. The number of nitrogens with zero attached hydrogens (tertiary/aromatic N) is 3. The fourth-order valence-corrected chi connectivity index (χ4v) is 10.6. The lowest BCUT2D eigenvalue weighted by atomic mass is 9.96. The van der Waals surface area contributed by atoms with Crippen LogP contribution in [0.1, 0.15) is 103 Å². The highest BCUT2D eigenvalue weighted by atomic mass is 32.2. The third-order valence-corrected chi connectivity index (χ3v) is 15.2. The van der Waals surface area contributed by atoms with Crippen molar-refractivity contribution in [3.8, 4) is 11.5 Å². The monoisotopic (exact) mass is 1180 g/mol. The Morgan fingerprint density at radius 3 is 1.76 bits per heavy atom. The first-order chi connectivity index (χ1) is 39.5. The number of carbonyl (C=O) groups is 8. The molecule has 450 valence electrons. The van der Waals surface area contributed by atoms with Crippen molar-refractivity contribution in [3.05, 3.63) is 173 Å². The number of hydrogen-bond donors (Lipinski definition) is 6. The van der Waals surface area contributed by atoms with E-state index in [1.54, 1.807) is 93.7 Å². The molecular formula is C62H75F2N7O12S. The molecular weight excluding hydrogens is 1100 g/mol. The zero-order chi connectivity index (χ0) is 60.6. The van der Waals surface area contributed by atoms with Crippen LogP contribution in [0.3, 0.4) is 0 Å². The summed E-state index contributed by atoms with van der Waals surface area (Å²) in [6.07, 6.45) is 0.749. The normalized spacial score (nSPS) is 17.0. The molecule has 0 saturated carbocycles. The molecule has 3 heterocycles. The first-order valence-electron chi connectivity index (χ1n) is 26.8. The van der Waals surface area contributed by atoms with Crippen LogP contribution in [-0.4, -0.2) is 145 Å². The van der Waals surface area contributed by atoms with Crippen molar-refractivity contribution < 1.29 is 68.3 Å². The standard InChI is InChI=1S/C33H36N4O6S.C28H33F2N3O6.CH4.H2/c1-5-16-35-30(40)28-33(3,4)44-20-37(28)31(41)27(38)25(18-22-11-7-6-8-12-22)36-29(39)24-14-9-15-26(21(24)2)43-32(42)23-13-10-17-34-19-23;1-4-13-31-26(37)22-15-28(29,30)16-33(22)27(38)24(35)21(14-19-9-6-5-7-10-19)32-25(36)20-11-8-12-23(17(20)2)39-18(3)34;;/h5-15,17,19,25,27-28,38H,1,16,18,20H2,2-4H3,(H,35,40)(H,36,39);5-12,21-22,24,35H,4,13-16H2,1-3H3,(H,31,37)(H,32,36);1H4;1H/t25-,27-,28?;21-,22?,24-;;/m00../s1. The van der Waals surface area contributed by atoms with Crippen LogP contribution in [-0.2, 0) is 36.8 Å². The maximum Gasteiger partial charge on any atom is 0.345 e. The van der Waals surface area contributed by atoms with Gasteiger partial charge >= 0.3 is 11.9 Å². The van der Waals surface area contributed by atoms with E-state index in [-0.39, 0.29) is 74.8 Å². The second kappa shape index (κ2) is 30.3. The number of rotatable bonds is 21. The molecule has 84 heavy (non-hydrogen) atoms. The second-order valence-electron chi connectivity index (χ2n) is 20.5. The maximum atomic E-state index is 14.3. The van der Waals surface area contributed by atoms with Gasteiger partial charge in [-0.2, -0.15) is 0 Å². The van der Waals surface area contributed by atoms with Gasteiger partial charge in [0.1, 0.15) is 23.6 Å². The van der Waals surface area contributed by atoms with Crippen LogP contribution in [0.25, 0.3) is 0 Å². The molecule has 1 aromatic heterocycles. The van der Waals surface area contributed by atoms with Gasteiger partial charge in [0.2, 0.25) is 11.8 Å². The minimum Gasteiger partial charge on any atom is -0.426 e. The van der Waals surface area contributed by atoms with Gasteiger partial charge in [-0.1, -0.05) is 93.2 Å². The van der Waals surface area contributed by atoms with Gasteiger partial charge < -0.3 is 50.8 Å². The summed E-state index contributed by atoms with van der Waals surface area (Å²) in [5, 5.41) is 33.4. The number of esters is 2. The predicted molar refractivity (Wildman–Crippen MR) is 315 cm³/mol. The number of aliphatic hydroxyl groups excluding tert-OH is 2. The van der Waals surface area contributed by atoms with Crippen molar-refractivity contribution in [2.24, 2.45) is 0 Å². The number of aromatic nitrogens is 1. The van der Waals surface area contributed by atoms with Gasteiger partial charge in [-0.3, -0.25) is 38.5 Å². The second-order valence-corrected chi connectivity index (χ2v) is 22.1. The molecule has 0 radical (unpaired) electrons. The number of amides is 6. The summed E-state index contributed by atoms with van der Waals surface area (Å²) < 4.78 is 38.8. The number of benzene rings is 4. The van der Waals surface area contributed by atoms with Gasteiger partial charge in [-0.25, -0.2) is 13.6 Å². The average molecular weight is 1180 g/mol. The first-order valence-corrected chi connectivity index (χ1v) is 27.8. The number of alkyl halides is 2. The molecule has 0 bridgehead atoms. The number of pyridine rings is 1. The Morgan fingerprint density at radius 1 is 0.750 bits per heavy atom. The number of carbonyl (C=O) groups excluding carboxylic acids is 8. The Balaban J connectivity index is 0.000000359. The molecule has 6 amide bonds. The van der Waals surface area contributed by atoms with Gasteiger partial charge in [-0.15, -0.1) is 18.3 Å². The minimum absolute atomic E-state index is 0. The fourth-order valence-electron chi connectivity index (χ4n) is 9.47. The molecule has 5 aromatic rings. The van der Waals surface area contributed by atoms with Crippen molar-refractivity contribution >= 4 is 59.1 Å². The number of likely N-dealkylation sites (tertiary alicyclic amines) is 1. The number of thioether (sulfide) groups is 1. The zero-order valence-corrected chi connectivity index (χ0v) is 47.8. The molecule has 2 fully saturated rings. The largest absolute Gasteiger partial charge is 0.426 e. The van der Waals surface area contributed by atoms with Crippen molar-refractivity contribution in [2.75, 3.05) is 25.5 Å². The summed E-state index contributed by atoms with van der Waals surface area (Å²) >= 11 is 1.43. The number of hydrogen-bond acceptors (Lipinski definition) is 14. The van der Waals surface area contributed by atoms with Gasteiger partial charge in [0.25, 0.3) is 29.6 Å². The molecule has 2 aliphatic rings. The Morgan fingerprint density at radius 2 is 1.27 bits per heavy atom. The third-order valence-electron chi connectivity index (χ3n) is 13.8. The van der Waals surface area contributed by atoms with E-state index in [1.807, 2.05) is 44.2 Å². The van der Waals surface area contributed by atoms with Crippen LogP contribution in [0, 0.1) is 13.8 Å². The van der Waals surface area contributed by atoms with E-state index in [9.17, 15) is 57.4 Å². The third kappa shape index (κ3) is 17.4. The highest BCUT2D eigenvalue weighted by molar-refractivity contribution is 8.00. The number of ether oxygens (including phenoxy) is 2. The molecule has 7 rings (SSSR count). The molecule has 22 heteroatoms. The van der Waals surface area contributed by atoms with Crippen LogP contribution in [0.15, 0.2) is 134 Å². The summed E-state index contributed by atoms with van der Waals surface area (Å²) in [5.74, 6) is -8.01. The molecule has 2 aliphatic heterocycles. The molecule has 0 spiro atoms. The number of aliphatic hydroxyl groups is 2. The highest BCUT2D eigenvalue weighted by Crippen LogP contribution is 2.40. The van der Waals surface area contributed by atoms with Crippen molar-refractivity contribution in [1.29, 1.82) is 0 Å². The van der Waals surface area contributed by atoms with E-state index in [0.29, 0.717) is 28.0 Å². The number of halogens is 2. The summed E-state index contributed by atoms with van der Waals surface area (Å²) in [6.45, 7) is 13.1. The van der Waals surface area contributed by atoms with Crippen molar-refractivity contribution in [3.63, 3.8) is 0 Å². The SMILES string of the molecule is C.C=CCNC(=O)C1N(C(=O)[C@@H](O)[C@H](Cc2ccccc2)NC(=O)c2cccc(OC(=O)c3cccnc3)c2C)CSC1(C)C.CCCNC(=O)C1CC(F)(F)CN1C(=O)[C@@H](O)[C@H](Cc1ccccc1)NC(=O)c1cccc(OC(C)=O)c1C.[HH]. The first kappa shape index (κ1) is 66.5. The minimum atomic E-state index is -3.31. The smallest absolute Gasteiger partial charge is 0.345 e. The van der Waals surface area contributed by atoms with E-state index in [1.165, 1.54) is 48.0 Å². The topological polar surface area (TPSA) is 263 Å². The van der Waals surface area contributed by atoms with Gasteiger partial charge in [0, 0.05) is 67.3 Å². The van der Waals surface area contributed by atoms with E-state index in [2.05, 4.69) is 32.8 Å². The van der Waals surface area contributed by atoms with Crippen molar-refractivity contribution in [2.45, 2.75) is 122 Å². The average Bonchev–Trinajstić information content (AvgIpc) is 4.11. The Kier molecular flexibility index (Phi) is 24.0. The van der Waals surface area contributed by atoms with Gasteiger partial charge in [-0.05, 0) is 94.5 Å². The molecule has 6 atom stereocenters. The Labute approximate surface area is 493 Å². The lowest BCUT2D eigenvalue weighted by molar-refractivity contribution is -0.147. The maximum absolute atomic E-state index is 14.3. The van der Waals surface area contributed by atoms with Gasteiger partial charge in [0.15, 0.2) is 12.2 Å². The molecule has 6 N–H and O–H groups in total. The van der Waals surface area contributed by atoms with E-state index in [0.717, 1.165) is 5.56 Å². The van der Waals surface area contributed by atoms with Crippen LogP contribution in [0.2, 0.25) is 0 Å². The van der Waals surface area contributed by atoms with Crippen LogP contribution < -0.4 is 30.7 Å². The van der Waals surface area contributed by atoms with Crippen LogP contribution in [0.5, 0.6) is 11.5 Å². The summed E-state index contributed by atoms with van der Waals surface area (Å²) in [7, 11) is 0. The predicted octanol–water partition coefficient (Wildman–Crippen LogP) is 6.56. The van der Waals surface area contributed by atoms with Crippen molar-refractivity contribution in [1.82, 2.24) is 36.1 Å². The Hall–Kier alpha value is -8.34. The zero-order valence-electron chi connectivity index (χ0n) is 46.9. The summed E-state index contributed by atoms with van der Waals surface area (Å²) in [5.41, 5.74) is 2.82. The summed E-state index contributed by atoms with van der Waals surface area (Å²) in [6, 6.07) is 25.8. The molecule has 4 aromatic carbocycles. The molecule has 19 nitrogen and oxygen atoms in total. The van der Waals surface area contributed by atoms with E-state index >= 15 is 0 Å². The van der Waals surface area contributed by atoms with Crippen LogP contribution >= 0.6 is 11.8 Å². The lowest BCUT2D eigenvalue weighted by Crippen LogP contribution is -2.58. The van der Waals surface area contributed by atoms with E-state index in [4.69, 9.17) is 9.47 Å². The molecule has 2 saturated heterocycles. The fraction of sp³-hybridized carbons (Fsp3) is 0.371. The molecule has 2 unspecified atom stereocenters. The van der Waals surface area contributed by atoms with Crippen LogP contribution in [0.4, 0.5) is 8.78 Å². The lowest BCUT2D eigenvalue weighted by Gasteiger charge is -2.33. The van der Waals surface area contributed by atoms with Gasteiger partial charge in [0.05, 0.1) is 30.1 Å². The highest BCUT2D eigenvalue weighted by Gasteiger charge is 2.52. The van der Waals surface area contributed by atoms with E-state index < -0.39 is 101 Å². The summed E-state index contributed by atoms with van der Waals surface area (Å²) in [4.78, 5) is 110. The molecule has 0 aliphatic carbocycles. The quantitative estimate of drug-likeness (QED) is 0.0258.